The van der Waals surface area contributed by atoms with E-state index in [-0.39, 0.29) is 17.3 Å². The summed E-state index contributed by atoms with van der Waals surface area (Å²) in [5.41, 5.74) is 2.27. The zero-order valence-electron chi connectivity index (χ0n) is 18.6. The minimum absolute atomic E-state index is 0.0903. The second kappa shape index (κ2) is 11.0. The fourth-order valence-electron chi connectivity index (χ4n) is 3.25. The number of thiazole rings is 1. The number of benzene rings is 2. The molecule has 4 aromatic rings. The van der Waals surface area contributed by atoms with Crippen LogP contribution < -0.4 is 20.5 Å². The lowest BCUT2D eigenvalue weighted by atomic mass is 10.1. The van der Waals surface area contributed by atoms with Gasteiger partial charge in [-0.2, -0.15) is 0 Å². The van der Waals surface area contributed by atoms with Gasteiger partial charge in [-0.1, -0.05) is 42.1 Å². The van der Waals surface area contributed by atoms with Crippen LogP contribution in [0, 0.1) is 0 Å². The lowest BCUT2D eigenvalue weighted by Gasteiger charge is -2.08. The number of rotatable bonds is 10. The molecule has 34 heavy (non-hydrogen) atoms. The topological polar surface area (TPSA) is 111 Å². The molecule has 0 saturated heterocycles. The Morgan fingerprint density at radius 3 is 2.76 bits per heavy atom. The quantitative estimate of drug-likeness (QED) is 0.322. The molecular weight excluding hydrogens is 474 g/mol. The maximum Gasteiger partial charge on any atom is 0.343 e. The SMILES string of the molecule is COc1ccc(OC)c(-c2csc(NC(=O)CSc3n[nH]c(=O)n3CCc3ccccc3)n2)c1. The summed E-state index contributed by atoms with van der Waals surface area (Å²) < 4.78 is 12.3. The maximum absolute atomic E-state index is 12.5. The number of carbonyl (C=O) groups is 1. The van der Waals surface area contributed by atoms with Crippen LogP contribution in [-0.2, 0) is 17.8 Å². The Morgan fingerprint density at radius 2 is 2.00 bits per heavy atom. The predicted octanol–water partition coefficient (Wildman–Crippen LogP) is 3.69. The zero-order valence-corrected chi connectivity index (χ0v) is 20.2. The first-order valence-electron chi connectivity index (χ1n) is 10.4. The van der Waals surface area contributed by atoms with Gasteiger partial charge in [0.05, 0.1) is 25.7 Å². The van der Waals surface area contributed by atoms with E-state index in [1.807, 2.05) is 53.9 Å². The van der Waals surface area contributed by atoms with Gasteiger partial charge in [0.25, 0.3) is 0 Å². The molecule has 0 radical (unpaired) electrons. The molecule has 1 amide bonds. The van der Waals surface area contributed by atoms with Crippen molar-refractivity contribution < 1.29 is 14.3 Å². The number of nitrogens with one attached hydrogen (secondary N) is 2. The fraction of sp³-hybridized carbons (Fsp3) is 0.217. The minimum atomic E-state index is -0.296. The second-order valence-electron chi connectivity index (χ2n) is 7.14. The van der Waals surface area contributed by atoms with Crippen molar-refractivity contribution in [3.05, 3.63) is 70.0 Å². The van der Waals surface area contributed by atoms with Gasteiger partial charge < -0.3 is 14.8 Å². The maximum atomic E-state index is 12.5. The van der Waals surface area contributed by atoms with Crippen molar-refractivity contribution in [3.8, 4) is 22.8 Å². The molecule has 0 bridgehead atoms. The van der Waals surface area contributed by atoms with Gasteiger partial charge in [-0.15, -0.1) is 16.4 Å². The van der Waals surface area contributed by atoms with E-state index in [9.17, 15) is 9.59 Å². The lowest BCUT2D eigenvalue weighted by Crippen LogP contribution is -2.20. The molecule has 0 aliphatic carbocycles. The van der Waals surface area contributed by atoms with E-state index in [1.54, 1.807) is 18.8 Å². The average molecular weight is 498 g/mol. The van der Waals surface area contributed by atoms with Crippen LogP contribution in [0.25, 0.3) is 11.3 Å². The highest BCUT2D eigenvalue weighted by molar-refractivity contribution is 7.99. The van der Waals surface area contributed by atoms with Crippen LogP contribution in [0.5, 0.6) is 11.5 Å². The number of aromatic amines is 1. The summed E-state index contributed by atoms with van der Waals surface area (Å²) in [4.78, 5) is 29.2. The van der Waals surface area contributed by atoms with Gasteiger partial charge in [-0.05, 0) is 30.2 Å². The summed E-state index contributed by atoms with van der Waals surface area (Å²) in [6, 6.07) is 15.3. The Hall–Kier alpha value is -3.57. The molecule has 0 saturated carbocycles. The molecule has 11 heteroatoms. The standard InChI is InChI=1S/C23H23N5O4S2/c1-31-16-8-9-19(32-2)17(12-16)18-13-33-21(24-18)25-20(29)14-34-23-27-26-22(30)28(23)11-10-15-6-4-3-5-7-15/h3-9,12-13H,10-11,14H2,1-2H3,(H,26,30)(H,24,25,29). The van der Waals surface area contributed by atoms with E-state index in [0.29, 0.717) is 40.4 Å². The monoisotopic (exact) mass is 497 g/mol. The minimum Gasteiger partial charge on any atom is -0.497 e. The van der Waals surface area contributed by atoms with E-state index in [0.717, 1.165) is 11.1 Å². The molecule has 176 valence electrons. The molecule has 4 rings (SSSR count). The summed E-state index contributed by atoms with van der Waals surface area (Å²) in [5.74, 6) is 1.19. The van der Waals surface area contributed by atoms with Gasteiger partial charge in [0, 0.05) is 17.5 Å². The number of thioether (sulfide) groups is 1. The molecule has 0 atom stereocenters. The molecule has 2 N–H and O–H groups in total. The van der Waals surface area contributed by atoms with Gasteiger partial charge in [-0.25, -0.2) is 14.9 Å². The lowest BCUT2D eigenvalue weighted by molar-refractivity contribution is -0.113. The first kappa shape index (κ1) is 23.6. The molecule has 0 aliphatic heterocycles. The number of aromatic nitrogens is 4. The zero-order chi connectivity index (χ0) is 23.9. The fourth-order valence-corrected chi connectivity index (χ4v) is 4.75. The van der Waals surface area contributed by atoms with Crippen molar-refractivity contribution in [2.24, 2.45) is 0 Å². The highest BCUT2D eigenvalue weighted by Crippen LogP contribution is 2.35. The molecule has 0 aliphatic rings. The summed E-state index contributed by atoms with van der Waals surface area (Å²) in [5, 5.41) is 12.1. The van der Waals surface area contributed by atoms with Gasteiger partial charge in [-0.3, -0.25) is 9.36 Å². The summed E-state index contributed by atoms with van der Waals surface area (Å²) >= 11 is 2.51. The van der Waals surface area contributed by atoms with Crippen LogP contribution in [0.15, 0.2) is 63.9 Å². The van der Waals surface area contributed by atoms with Crippen molar-refractivity contribution in [3.63, 3.8) is 0 Å². The Morgan fingerprint density at radius 1 is 1.18 bits per heavy atom. The van der Waals surface area contributed by atoms with Crippen molar-refractivity contribution in [1.29, 1.82) is 0 Å². The predicted molar refractivity (Wildman–Crippen MR) is 133 cm³/mol. The van der Waals surface area contributed by atoms with Gasteiger partial charge in [0.1, 0.15) is 11.5 Å². The number of carbonyl (C=O) groups excluding carboxylic acids is 1. The van der Waals surface area contributed by atoms with Crippen LogP contribution in [-0.4, -0.2) is 45.6 Å². The summed E-state index contributed by atoms with van der Waals surface area (Å²) in [6.45, 7) is 0.474. The molecule has 2 aromatic carbocycles. The van der Waals surface area contributed by atoms with E-state index < -0.39 is 0 Å². The van der Waals surface area contributed by atoms with Crippen LogP contribution in [0.3, 0.4) is 0 Å². The van der Waals surface area contributed by atoms with Crippen LogP contribution in [0.4, 0.5) is 5.13 Å². The summed E-state index contributed by atoms with van der Waals surface area (Å²) in [7, 11) is 3.18. The van der Waals surface area contributed by atoms with Crippen molar-refractivity contribution in [2.75, 3.05) is 25.3 Å². The molecule has 9 nitrogen and oxygen atoms in total. The number of nitrogens with zero attached hydrogens (tertiary/aromatic N) is 3. The van der Waals surface area contributed by atoms with Crippen LogP contribution in [0.2, 0.25) is 0 Å². The van der Waals surface area contributed by atoms with Crippen molar-refractivity contribution in [2.45, 2.75) is 18.1 Å². The third-order valence-corrected chi connectivity index (χ3v) is 6.69. The first-order chi connectivity index (χ1) is 16.6. The second-order valence-corrected chi connectivity index (χ2v) is 8.94. The van der Waals surface area contributed by atoms with Crippen LogP contribution in [0.1, 0.15) is 5.56 Å². The van der Waals surface area contributed by atoms with Crippen molar-refractivity contribution >= 4 is 34.1 Å². The Kier molecular flexibility index (Phi) is 7.65. The number of hydrogen-bond donors (Lipinski definition) is 2. The third kappa shape index (κ3) is 5.67. The molecule has 0 spiro atoms. The molecule has 2 heterocycles. The number of methoxy groups -OCH3 is 2. The van der Waals surface area contributed by atoms with Gasteiger partial charge in [0.2, 0.25) is 5.91 Å². The molecule has 0 fully saturated rings. The van der Waals surface area contributed by atoms with E-state index in [4.69, 9.17) is 9.47 Å². The Labute approximate surface area is 204 Å². The van der Waals surface area contributed by atoms with Gasteiger partial charge in [0.15, 0.2) is 10.3 Å². The molecule has 0 unspecified atom stereocenters. The molecule has 2 aromatic heterocycles. The van der Waals surface area contributed by atoms with E-state index >= 15 is 0 Å². The first-order valence-corrected chi connectivity index (χ1v) is 12.2. The number of anilines is 1. The number of aryl methyl sites for hydroxylation is 1. The van der Waals surface area contributed by atoms with Gasteiger partial charge >= 0.3 is 5.69 Å². The Balaban J connectivity index is 1.37. The highest BCUT2D eigenvalue weighted by Gasteiger charge is 2.15. The molecular formula is C23H23N5O4S2. The van der Waals surface area contributed by atoms with E-state index in [2.05, 4.69) is 20.5 Å². The average Bonchev–Trinajstić information content (AvgIpc) is 3.47. The smallest absolute Gasteiger partial charge is 0.343 e. The number of ether oxygens (including phenoxy) is 2. The highest BCUT2D eigenvalue weighted by atomic mass is 32.2. The number of amides is 1. The van der Waals surface area contributed by atoms with E-state index in [1.165, 1.54) is 23.1 Å². The third-order valence-electron chi connectivity index (χ3n) is 4.96. The summed E-state index contributed by atoms with van der Waals surface area (Å²) in [6.07, 6.45) is 0.690. The number of H-pyrrole nitrogens is 1. The number of hydrogen-bond acceptors (Lipinski definition) is 8. The Bertz CT molecular complexity index is 1320. The van der Waals surface area contributed by atoms with Crippen LogP contribution >= 0.6 is 23.1 Å². The normalized spacial score (nSPS) is 10.8. The largest absolute Gasteiger partial charge is 0.497 e. The van der Waals surface area contributed by atoms with Crippen molar-refractivity contribution in [1.82, 2.24) is 19.7 Å².